The Bertz CT molecular complexity index is 238. The number of ether oxygens (including phenoxy) is 1. The van der Waals surface area contributed by atoms with E-state index in [0.717, 1.165) is 18.4 Å². The van der Waals surface area contributed by atoms with Crippen LogP contribution >= 0.6 is 0 Å². The van der Waals surface area contributed by atoms with E-state index in [1.807, 2.05) is 6.92 Å². The first-order chi connectivity index (χ1) is 6.07. The van der Waals surface area contributed by atoms with E-state index < -0.39 is 0 Å². The van der Waals surface area contributed by atoms with Crippen molar-refractivity contribution >= 4 is 5.97 Å². The molecule has 2 nitrogen and oxygen atoms in total. The molecule has 0 amide bonds. The second-order valence-corrected chi connectivity index (χ2v) is 4.07. The molecule has 0 N–H and O–H groups in total. The largest absolute Gasteiger partial charge is 0.466 e. The van der Waals surface area contributed by atoms with Gasteiger partial charge in [-0.25, -0.2) is 4.79 Å². The van der Waals surface area contributed by atoms with Crippen molar-refractivity contribution in [3.63, 3.8) is 0 Å². The maximum atomic E-state index is 11.5. The highest BCUT2D eigenvalue weighted by atomic mass is 16.5. The number of hydrogen-bond donors (Lipinski definition) is 0. The summed E-state index contributed by atoms with van der Waals surface area (Å²) < 4.78 is 4.79. The molecule has 0 aromatic carbocycles. The van der Waals surface area contributed by atoms with Gasteiger partial charge in [0.25, 0.3) is 0 Å². The summed E-state index contributed by atoms with van der Waals surface area (Å²) in [5.74, 6) is 0.813. The molecule has 0 aliphatic heterocycles. The highest BCUT2D eigenvalue weighted by Gasteiger charge is 2.30. The summed E-state index contributed by atoms with van der Waals surface area (Å²) in [5.41, 5.74) is 2.14. The molecule has 0 bridgehead atoms. The number of rotatable bonds is 2. The van der Waals surface area contributed by atoms with Crippen LogP contribution in [0.2, 0.25) is 0 Å². The molecule has 2 heteroatoms. The summed E-state index contributed by atoms with van der Waals surface area (Å²) in [5, 5.41) is 0. The fourth-order valence-electron chi connectivity index (χ4n) is 2.07. The minimum Gasteiger partial charge on any atom is -0.466 e. The van der Waals surface area contributed by atoms with Gasteiger partial charge in [0.05, 0.1) is 7.11 Å². The molecule has 74 valence electrons. The smallest absolute Gasteiger partial charge is 0.333 e. The fraction of sp³-hybridized carbons (Fsp3) is 0.727. The van der Waals surface area contributed by atoms with Gasteiger partial charge in [-0.3, -0.25) is 0 Å². The molecule has 0 heterocycles. The Morgan fingerprint density at radius 2 is 2.15 bits per heavy atom. The molecule has 0 spiro atoms. The monoisotopic (exact) mass is 182 g/mol. The predicted octanol–water partition coefficient (Wildman–Crippen LogP) is 2.54. The van der Waals surface area contributed by atoms with E-state index in [1.165, 1.54) is 12.7 Å². The van der Waals surface area contributed by atoms with Gasteiger partial charge in [-0.05, 0) is 31.6 Å². The Hall–Kier alpha value is -0.790. The van der Waals surface area contributed by atoms with Crippen LogP contribution in [0.5, 0.6) is 0 Å². The quantitative estimate of drug-likeness (QED) is 0.613. The summed E-state index contributed by atoms with van der Waals surface area (Å²) in [7, 11) is 1.46. The lowest BCUT2D eigenvalue weighted by Gasteiger charge is -2.17. The molecule has 1 aliphatic carbocycles. The average Bonchev–Trinajstić information content (AvgIpc) is 2.46. The summed E-state index contributed by atoms with van der Waals surface area (Å²) in [4.78, 5) is 11.5. The zero-order valence-corrected chi connectivity index (χ0v) is 8.89. The third kappa shape index (κ3) is 1.93. The molecule has 0 aromatic heterocycles. The van der Waals surface area contributed by atoms with E-state index in [-0.39, 0.29) is 5.97 Å². The Labute approximate surface area is 80.0 Å². The van der Waals surface area contributed by atoms with E-state index in [4.69, 9.17) is 4.74 Å². The number of methoxy groups -OCH3 is 1. The van der Waals surface area contributed by atoms with Crippen molar-refractivity contribution in [2.75, 3.05) is 7.11 Å². The van der Waals surface area contributed by atoms with Crippen molar-refractivity contribution < 1.29 is 9.53 Å². The van der Waals surface area contributed by atoms with Crippen LogP contribution in [-0.4, -0.2) is 13.1 Å². The second-order valence-electron chi connectivity index (χ2n) is 4.07. The van der Waals surface area contributed by atoms with Gasteiger partial charge in [-0.1, -0.05) is 19.4 Å². The van der Waals surface area contributed by atoms with Crippen LogP contribution in [-0.2, 0) is 9.53 Å². The molecule has 0 saturated heterocycles. The van der Waals surface area contributed by atoms with Crippen molar-refractivity contribution in [2.24, 2.45) is 11.8 Å². The average molecular weight is 182 g/mol. The molecule has 0 radical (unpaired) electrons. The van der Waals surface area contributed by atoms with Crippen molar-refractivity contribution in [2.45, 2.75) is 33.6 Å². The van der Waals surface area contributed by atoms with Gasteiger partial charge in [0.2, 0.25) is 0 Å². The lowest BCUT2D eigenvalue weighted by atomic mass is 9.89. The van der Waals surface area contributed by atoms with E-state index in [0.29, 0.717) is 11.8 Å². The number of carbonyl (C=O) groups is 1. The Balaban J connectivity index is 2.88. The first-order valence-corrected chi connectivity index (χ1v) is 4.86. The molecular weight excluding hydrogens is 164 g/mol. The molecule has 1 atom stereocenters. The van der Waals surface area contributed by atoms with Gasteiger partial charge in [0.15, 0.2) is 0 Å². The first kappa shape index (κ1) is 10.3. The van der Waals surface area contributed by atoms with Crippen molar-refractivity contribution in [1.29, 1.82) is 0 Å². The minimum atomic E-state index is -0.131. The van der Waals surface area contributed by atoms with Gasteiger partial charge >= 0.3 is 5.97 Å². The van der Waals surface area contributed by atoms with Crippen LogP contribution < -0.4 is 0 Å². The van der Waals surface area contributed by atoms with Crippen LogP contribution in [0.1, 0.15) is 33.6 Å². The topological polar surface area (TPSA) is 26.3 Å². The van der Waals surface area contributed by atoms with Crippen LogP contribution in [0.25, 0.3) is 0 Å². The van der Waals surface area contributed by atoms with Crippen LogP contribution in [0.15, 0.2) is 11.1 Å². The fourth-order valence-corrected chi connectivity index (χ4v) is 2.07. The number of hydrogen-bond acceptors (Lipinski definition) is 2. The van der Waals surface area contributed by atoms with Gasteiger partial charge in [-0.15, -0.1) is 0 Å². The van der Waals surface area contributed by atoms with Crippen LogP contribution in [0, 0.1) is 11.8 Å². The Kier molecular flexibility index (Phi) is 3.12. The number of esters is 1. The summed E-state index contributed by atoms with van der Waals surface area (Å²) in [6, 6.07) is 0. The highest BCUT2D eigenvalue weighted by molar-refractivity contribution is 5.90. The second kappa shape index (κ2) is 3.95. The SMILES string of the molecule is COC(=O)C1=C(C)CC[C@H]1C(C)C. The van der Waals surface area contributed by atoms with E-state index in [2.05, 4.69) is 13.8 Å². The Morgan fingerprint density at radius 3 is 2.62 bits per heavy atom. The molecule has 0 fully saturated rings. The standard InChI is InChI=1S/C11H18O2/c1-7(2)9-6-5-8(3)10(9)11(12)13-4/h7,9H,5-6H2,1-4H3/t9-/m0/s1. The molecule has 1 aliphatic rings. The van der Waals surface area contributed by atoms with E-state index in [9.17, 15) is 4.79 Å². The molecular formula is C11H18O2. The molecule has 0 unspecified atom stereocenters. The lowest BCUT2D eigenvalue weighted by Crippen LogP contribution is -2.16. The maximum Gasteiger partial charge on any atom is 0.333 e. The van der Waals surface area contributed by atoms with Crippen molar-refractivity contribution in [3.8, 4) is 0 Å². The van der Waals surface area contributed by atoms with Crippen molar-refractivity contribution in [3.05, 3.63) is 11.1 Å². The van der Waals surface area contributed by atoms with Gasteiger partial charge < -0.3 is 4.74 Å². The lowest BCUT2D eigenvalue weighted by molar-refractivity contribution is -0.136. The van der Waals surface area contributed by atoms with Crippen LogP contribution in [0.3, 0.4) is 0 Å². The summed E-state index contributed by atoms with van der Waals surface area (Å²) >= 11 is 0. The third-order valence-corrected chi connectivity index (χ3v) is 2.87. The first-order valence-electron chi connectivity index (χ1n) is 4.86. The normalized spacial score (nSPS) is 22.7. The molecule has 0 aromatic rings. The predicted molar refractivity (Wildman–Crippen MR) is 52.3 cm³/mol. The Morgan fingerprint density at radius 1 is 1.54 bits per heavy atom. The number of carbonyl (C=O) groups excluding carboxylic acids is 1. The van der Waals surface area contributed by atoms with Crippen LogP contribution in [0.4, 0.5) is 0 Å². The van der Waals surface area contributed by atoms with Gasteiger partial charge in [-0.2, -0.15) is 0 Å². The van der Waals surface area contributed by atoms with Gasteiger partial charge in [0.1, 0.15) is 0 Å². The van der Waals surface area contributed by atoms with E-state index in [1.54, 1.807) is 0 Å². The highest BCUT2D eigenvalue weighted by Crippen LogP contribution is 2.36. The number of allylic oxidation sites excluding steroid dienone is 1. The van der Waals surface area contributed by atoms with Crippen molar-refractivity contribution in [1.82, 2.24) is 0 Å². The zero-order chi connectivity index (χ0) is 10.0. The molecule has 13 heavy (non-hydrogen) atoms. The van der Waals surface area contributed by atoms with Gasteiger partial charge in [0, 0.05) is 5.57 Å². The molecule has 1 rings (SSSR count). The maximum absolute atomic E-state index is 11.5. The summed E-state index contributed by atoms with van der Waals surface area (Å²) in [6.07, 6.45) is 2.15. The van der Waals surface area contributed by atoms with E-state index >= 15 is 0 Å². The third-order valence-electron chi connectivity index (χ3n) is 2.87. The molecule has 0 saturated carbocycles. The minimum absolute atomic E-state index is 0.131. The summed E-state index contributed by atoms with van der Waals surface area (Å²) in [6.45, 7) is 6.35. The zero-order valence-electron chi connectivity index (χ0n) is 8.89.